The fraction of sp³-hybridized carbons (Fsp3) is 0.545. The molecule has 0 saturated heterocycles. The Morgan fingerprint density at radius 3 is 2.50 bits per heavy atom. The fourth-order valence-corrected chi connectivity index (χ4v) is 2.22. The van der Waals surface area contributed by atoms with Gasteiger partial charge >= 0.3 is 0 Å². The van der Waals surface area contributed by atoms with Crippen LogP contribution in [0.5, 0.6) is 0 Å². The van der Waals surface area contributed by atoms with Gasteiger partial charge in [0.15, 0.2) is 0 Å². The lowest BCUT2D eigenvalue weighted by Crippen LogP contribution is -2.39. The summed E-state index contributed by atoms with van der Waals surface area (Å²) in [5, 5.41) is 0.674. The molecule has 1 aromatic heterocycles. The van der Waals surface area contributed by atoms with Gasteiger partial charge < -0.3 is 5.73 Å². The average Bonchev–Trinajstić information content (AvgIpc) is 2.19. The van der Waals surface area contributed by atoms with E-state index in [0.29, 0.717) is 5.02 Å². The lowest BCUT2D eigenvalue weighted by molar-refractivity contribution is 0.295. The van der Waals surface area contributed by atoms with Gasteiger partial charge in [0.05, 0.1) is 16.3 Å². The van der Waals surface area contributed by atoms with Crippen LogP contribution in [0.3, 0.4) is 0 Å². The van der Waals surface area contributed by atoms with Gasteiger partial charge in [0.2, 0.25) is 0 Å². The van der Waals surface area contributed by atoms with Crippen LogP contribution >= 0.6 is 11.6 Å². The number of halogens is 1. The molecule has 1 aromatic rings. The Morgan fingerprint density at radius 2 is 1.93 bits per heavy atom. The minimum absolute atomic E-state index is 0.206. The molecule has 76 valence electrons. The second kappa shape index (κ2) is 3.87. The first-order valence-electron chi connectivity index (χ1n) is 5.12. The molecule has 0 aliphatic heterocycles. The molecule has 0 aromatic carbocycles. The molecule has 1 heterocycles. The Hall–Kier alpha value is -0.600. The summed E-state index contributed by atoms with van der Waals surface area (Å²) in [7, 11) is 0. The molecule has 2 nitrogen and oxygen atoms in total. The summed E-state index contributed by atoms with van der Waals surface area (Å²) in [5.41, 5.74) is 7.11. The molecule has 1 aliphatic rings. The molecular formula is C11H15ClN2. The van der Waals surface area contributed by atoms with Crippen LogP contribution in [0.1, 0.15) is 37.8 Å². The number of aromatic nitrogens is 1. The Bertz CT molecular complexity index is 302. The highest BCUT2D eigenvalue weighted by molar-refractivity contribution is 6.30. The first-order valence-corrected chi connectivity index (χ1v) is 5.49. The monoisotopic (exact) mass is 210 g/mol. The number of hydrogen-bond donors (Lipinski definition) is 1. The molecule has 1 fully saturated rings. The Kier molecular flexibility index (Phi) is 2.75. The topological polar surface area (TPSA) is 38.9 Å². The van der Waals surface area contributed by atoms with Crippen LogP contribution in [0, 0.1) is 0 Å². The van der Waals surface area contributed by atoms with Crippen LogP contribution in [0.15, 0.2) is 18.3 Å². The van der Waals surface area contributed by atoms with Crippen LogP contribution in [-0.4, -0.2) is 4.98 Å². The maximum Gasteiger partial charge on any atom is 0.0603 e. The fourth-order valence-electron chi connectivity index (χ4n) is 2.11. The van der Waals surface area contributed by atoms with E-state index in [1.54, 1.807) is 6.20 Å². The average molecular weight is 211 g/mol. The standard InChI is InChI=1S/C11H15ClN2/c12-9-4-5-10(14-8-9)11(13)6-2-1-3-7-11/h4-5,8H,1-3,6-7,13H2. The van der Waals surface area contributed by atoms with Crippen LogP contribution in [0.25, 0.3) is 0 Å². The molecule has 0 spiro atoms. The van der Waals surface area contributed by atoms with Crippen LogP contribution in [-0.2, 0) is 5.54 Å². The van der Waals surface area contributed by atoms with Crippen LogP contribution in [0.4, 0.5) is 0 Å². The van der Waals surface area contributed by atoms with E-state index in [1.165, 1.54) is 19.3 Å². The van der Waals surface area contributed by atoms with Crippen molar-refractivity contribution >= 4 is 11.6 Å². The molecule has 0 bridgehead atoms. The number of nitrogens with two attached hydrogens (primary N) is 1. The minimum atomic E-state index is -0.206. The smallest absolute Gasteiger partial charge is 0.0603 e. The van der Waals surface area contributed by atoms with Gasteiger partial charge in [-0.3, -0.25) is 4.98 Å². The molecule has 0 atom stereocenters. The number of rotatable bonds is 1. The van der Waals surface area contributed by atoms with Gasteiger partial charge in [-0.05, 0) is 25.0 Å². The summed E-state index contributed by atoms with van der Waals surface area (Å²) in [5.74, 6) is 0. The Labute approximate surface area is 89.5 Å². The SMILES string of the molecule is NC1(c2ccc(Cl)cn2)CCCCC1. The van der Waals surface area contributed by atoms with Gasteiger partial charge in [-0.25, -0.2) is 0 Å². The summed E-state index contributed by atoms with van der Waals surface area (Å²) in [6.45, 7) is 0. The quantitative estimate of drug-likeness (QED) is 0.774. The van der Waals surface area contributed by atoms with E-state index >= 15 is 0 Å². The highest BCUT2D eigenvalue weighted by Gasteiger charge is 2.30. The molecule has 3 heteroatoms. The summed E-state index contributed by atoms with van der Waals surface area (Å²) in [6.07, 6.45) is 7.48. The Balaban J connectivity index is 2.23. The van der Waals surface area contributed by atoms with E-state index in [2.05, 4.69) is 4.98 Å². The van der Waals surface area contributed by atoms with Gasteiger partial charge in [-0.15, -0.1) is 0 Å². The second-order valence-corrected chi connectivity index (χ2v) is 4.51. The predicted octanol–water partition coefficient (Wildman–Crippen LogP) is 2.85. The van der Waals surface area contributed by atoms with Crippen molar-refractivity contribution in [3.63, 3.8) is 0 Å². The molecule has 1 aliphatic carbocycles. The van der Waals surface area contributed by atoms with Crippen molar-refractivity contribution in [2.24, 2.45) is 5.73 Å². The normalized spacial score (nSPS) is 20.7. The van der Waals surface area contributed by atoms with Crippen molar-refractivity contribution in [1.82, 2.24) is 4.98 Å². The van der Waals surface area contributed by atoms with E-state index < -0.39 is 0 Å². The largest absolute Gasteiger partial charge is 0.320 e. The Morgan fingerprint density at radius 1 is 1.21 bits per heavy atom. The van der Waals surface area contributed by atoms with Gasteiger partial charge in [0, 0.05) is 6.20 Å². The lowest BCUT2D eigenvalue weighted by Gasteiger charge is -2.32. The molecule has 2 rings (SSSR count). The molecule has 14 heavy (non-hydrogen) atoms. The highest BCUT2D eigenvalue weighted by Crippen LogP contribution is 2.33. The third-order valence-electron chi connectivity index (χ3n) is 2.98. The summed E-state index contributed by atoms with van der Waals surface area (Å²) in [6, 6.07) is 3.82. The number of pyridine rings is 1. The maximum absolute atomic E-state index is 6.32. The zero-order valence-electron chi connectivity index (χ0n) is 8.17. The zero-order valence-corrected chi connectivity index (χ0v) is 8.93. The zero-order chi connectivity index (χ0) is 10.0. The first-order chi connectivity index (χ1) is 6.71. The van der Waals surface area contributed by atoms with E-state index in [0.717, 1.165) is 18.5 Å². The molecule has 0 unspecified atom stereocenters. The van der Waals surface area contributed by atoms with Gasteiger partial charge in [-0.1, -0.05) is 30.9 Å². The molecule has 0 amide bonds. The van der Waals surface area contributed by atoms with E-state index in [-0.39, 0.29) is 5.54 Å². The molecular weight excluding hydrogens is 196 g/mol. The van der Waals surface area contributed by atoms with Gasteiger partial charge in [-0.2, -0.15) is 0 Å². The summed E-state index contributed by atoms with van der Waals surface area (Å²) < 4.78 is 0. The second-order valence-electron chi connectivity index (χ2n) is 4.08. The third kappa shape index (κ3) is 1.91. The third-order valence-corrected chi connectivity index (χ3v) is 3.21. The number of nitrogens with zero attached hydrogens (tertiary/aromatic N) is 1. The van der Waals surface area contributed by atoms with Crippen LogP contribution in [0.2, 0.25) is 5.02 Å². The predicted molar refractivity (Wildman–Crippen MR) is 58.2 cm³/mol. The highest BCUT2D eigenvalue weighted by atomic mass is 35.5. The van der Waals surface area contributed by atoms with Crippen molar-refractivity contribution in [2.75, 3.05) is 0 Å². The van der Waals surface area contributed by atoms with Gasteiger partial charge in [0.1, 0.15) is 0 Å². The van der Waals surface area contributed by atoms with Crippen molar-refractivity contribution < 1.29 is 0 Å². The molecule has 0 radical (unpaired) electrons. The summed E-state index contributed by atoms with van der Waals surface area (Å²) >= 11 is 5.79. The van der Waals surface area contributed by atoms with E-state index in [1.807, 2.05) is 12.1 Å². The summed E-state index contributed by atoms with van der Waals surface area (Å²) in [4.78, 5) is 4.32. The van der Waals surface area contributed by atoms with Gasteiger partial charge in [0.25, 0.3) is 0 Å². The van der Waals surface area contributed by atoms with Crippen molar-refractivity contribution in [3.05, 3.63) is 29.0 Å². The van der Waals surface area contributed by atoms with E-state index in [9.17, 15) is 0 Å². The minimum Gasteiger partial charge on any atom is -0.320 e. The molecule has 1 saturated carbocycles. The van der Waals surface area contributed by atoms with Crippen molar-refractivity contribution in [2.45, 2.75) is 37.6 Å². The van der Waals surface area contributed by atoms with Crippen LogP contribution < -0.4 is 5.73 Å². The lowest BCUT2D eigenvalue weighted by atomic mass is 9.80. The van der Waals surface area contributed by atoms with Crippen molar-refractivity contribution in [3.8, 4) is 0 Å². The van der Waals surface area contributed by atoms with E-state index in [4.69, 9.17) is 17.3 Å². The van der Waals surface area contributed by atoms with Crippen molar-refractivity contribution in [1.29, 1.82) is 0 Å². The maximum atomic E-state index is 6.32. The first kappa shape index (κ1) is 9.94. The molecule has 2 N–H and O–H groups in total. The number of hydrogen-bond acceptors (Lipinski definition) is 2.